The van der Waals surface area contributed by atoms with E-state index in [0.717, 1.165) is 33.2 Å². The Bertz CT molecular complexity index is 2200. The van der Waals surface area contributed by atoms with Crippen LogP contribution in [0.5, 0.6) is 11.5 Å². The predicted octanol–water partition coefficient (Wildman–Crippen LogP) is 6.37. The topological polar surface area (TPSA) is 82.4 Å². The van der Waals surface area contributed by atoms with E-state index in [0.29, 0.717) is 43.2 Å². The van der Waals surface area contributed by atoms with Gasteiger partial charge in [-0.1, -0.05) is 65.9 Å². The molecule has 240 valence electrons. The number of halogens is 1. The van der Waals surface area contributed by atoms with Crippen molar-refractivity contribution in [2.24, 2.45) is 4.99 Å². The largest absolute Gasteiger partial charge is 0.493 e. The summed E-state index contributed by atoms with van der Waals surface area (Å²) >= 11 is 4.94. The van der Waals surface area contributed by atoms with E-state index in [4.69, 9.17) is 19.2 Å². The van der Waals surface area contributed by atoms with Gasteiger partial charge in [0.25, 0.3) is 5.56 Å². The minimum Gasteiger partial charge on any atom is -0.493 e. The monoisotopic (exact) mass is 711 g/mol. The number of rotatable bonds is 9. The Labute approximate surface area is 285 Å². The van der Waals surface area contributed by atoms with Gasteiger partial charge in [0.05, 0.1) is 40.0 Å². The molecule has 0 fully saturated rings. The summed E-state index contributed by atoms with van der Waals surface area (Å²) in [7, 11) is 5.51. The van der Waals surface area contributed by atoms with E-state index in [1.165, 1.54) is 11.3 Å². The lowest BCUT2D eigenvalue weighted by molar-refractivity contribution is -0.139. The Morgan fingerprint density at radius 2 is 1.81 bits per heavy atom. The summed E-state index contributed by atoms with van der Waals surface area (Å²) in [6.45, 7) is 4.11. The van der Waals surface area contributed by atoms with Gasteiger partial charge in [-0.15, -0.1) is 0 Å². The molecule has 0 radical (unpaired) electrons. The normalized spacial score (nSPS) is 14.5. The van der Waals surface area contributed by atoms with Crippen LogP contribution in [0.3, 0.4) is 0 Å². The van der Waals surface area contributed by atoms with Gasteiger partial charge in [-0.2, -0.15) is 0 Å². The van der Waals surface area contributed by atoms with Gasteiger partial charge < -0.3 is 19.1 Å². The van der Waals surface area contributed by atoms with E-state index < -0.39 is 12.0 Å². The fourth-order valence-corrected chi connectivity index (χ4v) is 7.37. The Morgan fingerprint density at radius 1 is 1.06 bits per heavy atom. The number of benzene rings is 4. The molecule has 6 rings (SSSR count). The van der Waals surface area contributed by atoms with Crippen LogP contribution < -0.4 is 29.3 Å². The van der Waals surface area contributed by atoms with Crippen LogP contribution in [0.1, 0.15) is 36.6 Å². The van der Waals surface area contributed by atoms with Crippen LogP contribution in [0.25, 0.3) is 16.8 Å². The van der Waals surface area contributed by atoms with Gasteiger partial charge in [0.15, 0.2) is 16.3 Å². The van der Waals surface area contributed by atoms with Gasteiger partial charge >= 0.3 is 5.97 Å². The third-order valence-electron chi connectivity index (χ3n) is 8.04. The minimum absolute atomic E-state index is 0.213. The van der Waals surface area contributed by atoms with Gasteiger partial charge in [0.2, 0.25) is 0 Å². The van der Waals surface area contributed by atoms with Crippen LogP contribution in [0.4, 0.5) is 5.69 Å². The van der Waals surface area contributed by atoms with Crippen molar-refractivity contribution < 1.29 is 19.0 Å². The van der Waals surface area contributed by atoms with Crippen molar-refractivity contribution in [1.82, 2.24) is 4.57 Å². The third kappa shape index (κ3) is 6.35. The number of allylic oxidation sites excluding steroid dienone is 1. The highest BCUT2D eigenvalue weighted by atomic mass is 79.9. The van der Waals surface area contributed by atoms with Crippen LogP contribution in [0, 0.1) is 0 Å². The molecule has 4 aromatic carbocycles. The Balaban J connectivity index is 1.39. The summed E-state index contributed by atoms with van der Waals surface area (Å²) in [6, 6.07) is 25.2. The molecule has 0 saturated carbocycles. The molecule has 0 unspecified atom stereocenters. The zero-order valence-electron chi connectivity index (χ0n) is 26.7. The smallest absolute Gasteiger partial charge is 0.338 e. The summed E-state index contributed by atoms with van der Waals surface area (Å²) in [5.74, 6) is 0.602. The maximum Gasteiger partial charge on any atom is 0.338 e. The van der Waals surface area contributed by atoms with E-state index in [-0.39, 0.29) is 12.2 Å². The van der Waals surface area contributed by atoms with Crippen molar-refractivity contribution in [3.8, 4) is 11.5 Å². The summed E-state index contributed by atoms with van der Waals surface area (Å²) in [6.07, 6.45) is 1.81. The summed E-state index contributed by atoms with van der Waals surface area (Å²) in [5.41, 5.74) is 4.21. The van der Waals surface area contributed by atoms with Crippen LogP contribution in [-0.2, 0) is 16.1 Å². The van der Waals surface area contributed by atoms with Gasteiger partial charge in [-0.25, -0.2) is 9.79 Å². The SMILES string of the molecule is CCOC(=O)C1=C(C)N=c2s/c(=C\c3cc(Br)c(OCc4cccc5ccccc45)c(OC)c3)c(=O)n2[C@@H]1c1ccc(N(C)C)cc1. The Hall–Kier alpha value is -4.67. The van der Waals surface area contributed by atoms with Crippen molar-refractivity contribution in [2.75, 3.05) is 32.7 Å². The van der Waals surface area contributed by atoms with E-state index in [9.17, 15) is 9.59 Å². The number of nitrogens with zero attached hydrogens (tertiary/aromatic N) is 3. The highest BCUT2D eigenvalue weighted by Gasteiger charge is 2.33. The molecule has 0 aliphatic carbocycles. The fraction of sp³-hybridized carbons (Fsp3) is 0.216. The summed E-state index contributed by atoms with van der Waals surface area (Å²) < 4.78 is 20.2. The van der Waals surface area contributed by atoms with E-state index in [1.54, 1.807) is 31.6 Å². The maximum absolute atomic E-state index is 14.1. The number of hydrogen-bond donors (Lipinski definition) is 0. The quantitative estimate of drug-likeness (QED) is 0.166. The van der Waals surface area contributed by atoms with Crippen molar-refractivity contribution in [1.29, 1.82) is 0 Å². The van der Waals surface area contributed by atoms with Gasteiger partial charge in [-0.3, -0.25) is 9.36 Å². The lowest BCUT2D eigenvalue weighted by atomic mass is 9.95. The van der Waals surface area contributed by atoms with Gasteiger partial charge in [-0.05, 0) is 87.6 Å². The first-order valence-corrected chi connectivity index (χ1v) is 16.7. The van der Waals surface area contributed by atoms with E-state index >= 15 is 0 Å². The number of esters is 1. The number of fused-ring (bicyclic) bond motifs is 2. The standard InChI is InChI=1S/C37H34BrN3O5S/c1-6-45-36(43)32-22(2)39-37-41(33(32)25-14-16-27(17-15-25)40(3)4)35(42)31(47-37)20-23-18-29(38)34(30(19-23)44-5)46-21-26-12-9-11-24-10-7-8-13-28(24)26/h7-20,33H,6,21H2,1-5H3/b31-20-/t33-/m1/s1. The molecule has 47 heavy (non-hydrogen) atoms. The number of carbonyl (C=O) groups excluding carboxylic acids is 1. The summed E-state index contributed by atoms with van der Waals surface area (Å²) in [4.78, 5) is 34.5. The molecule has 0 N–H and O–H groups in total. The molecule has 2 heterocycles. The molecule has 1 aliphatic rings. The number of ether oxygens (including phenoxy) is 3. The Morgan fingerprint density at radius 3 is 2.53 bits per heavy atom. The first kappa shape index (κ1) is 32.3. The molecular weight excluding hydrogens is 678 g/mol. The molecule has 10 heteroatoms. The average Bonchev–Trinajstić information content (AvgIpc) is 3.36. The number of anilines is 1. The van der Waals surface area contributed by atoms with E-state index in [1.807, 2.05) is 73.6 Å². The third-order valence-corrected chi connectivity index (χ3v) is 9.62. The van der Waals surface area contributed by atoms with Crippen LogP contribution in [-0.4, -0.2) is 38.3 Å². The molecule has 0 amide bonds. The number of aromatic nitrogens is 1. The van der Waals surface area contributed by atoms with Crippen molar-refractivity contribution in [3.05, 3.63) is 131 Å². The molecule has 1 aliphatic heterocycles. The van der Waals surface area contributed by atoms with Crippen molar-refractivity contribution in [3.63, 3.8) is 0 Å². The zero-order valence-corrected chi connectivity index (χ0v) is 29.1. The second kappa shape index (κ2) is 13.6. The molecule has 8 nitrogen and oxygen atoms in total. The predicted molar refractivity (Wildman–Crippen MR) is 190 cm³/mol. The van der Waals surface area contributed by atoms with Crippen LogP contribution >= 0.6 is 27.3 Å². The molecule has 0 spiro atoms. The highest BCUT2D eigenvalue weighted by molar-refractivity contribution is 9.10. The fourth-order valence-electron chi connectivity index (χ4n) is 5.74. The molecule has 0 bridgehead atoms. The maximum atomic E-state index is 14.1. The number of carbonyl (C=O) groups is 1. The Kier molecular flexibility index (Phi) is 9.33. The highest BCUT2D eigenvalue weighted by Crippen LogP contribution is 2.38. The first-order valence-electron chi connectivity index (χ1n) is 15.1. The second-order valence-corrected chi connectivity index (χ2v) is 13.1. The van der Waals surface area contributed by atoms with E-state index in [2.05, 4.69) is 40.2 Å². The molecule has 1 aromatic heterocycles. The molecule has 5 aromatic rings. The molecular formula is C37H34BrN3O5S. The van der Waals surface area contributed by atoms with Crippen LogP contribution in [0.2, 0.25) is 0 Å². The second-order valence-electron chi connectivity index (χ2n) is 11.2. The average molecular weight is 713 g/mol. The van der Waals surface area contributed by atoms with Crippen molar-refractivity contribution >= 4 is 55.8 Å². The minimum atomic E-state index is -0.685. The molecule has 1 atom stereocenters. The molecule has 0 saturated heterocycles. The lowest BCUT2D eigenvalue weighted by Crippen LogP contribution is -2.39. The number of thiazole rings is 1. The zero-order chi connectivity index (χ0) is 33.2. The van der Waals surface area contributed by atoms with Gasteiger partial charge in [0, 0.05) is 19.8 Å². The first-order chi connectivity index (χ1) is 22.7. The lowest BCUT2D eigenvalue weighted by Gasteiger charge is -2.25. The van der Waals surface area contributed by atoms with Gasteiger partial charge in [0.1, 0.15) is 6.61 Å². The number of hydrogen-bond acceptors (Lipinski definition) is 8. The number of methoxy groups -OCH3 is 1. The summed E-state index contributed by atoms with van der Waals surface area (Å²) in [5, 5.41) is 2.28. The van der Waals surface area contributed by atoms with Crippen LogP contribution in [0.15, 0.2) is 104 Å². The van der Waals surface area contributed by atoms with Crippen molar-refractivity contribution in [2.45, 2.75) is 26.5 Å².